The van der Waals surface area contributed by atoms with Gasteiger partial charge in [-0.2, -0.15) is 0 Å². The normalized spacial score (nSPS) is 30.7. The molecule has 13 aliphatic carbocycles. The number of likely N-dealkylation sites (N-methyl/N-ethyl adjacent to an activating group) is 1. The molecule has 0 bridgehead atoms. The minimum Gasteiger partial charge on any atom is -1.00 e. The first-order valence-electron chi connectivity index (χ1n) is 31.8. The number of likely N-dealkylation sites (tertiary alicyclic amines) is 1. The van der Waals surface area contributed by atoms with Gasteiger partial charge in [0.2, 0.25) is 0 Å². The second kappa shape index (κ2) is 10.3. The Balaban J connectivity index is 0.00000406. The van der Waals surface area contributed by atoms with Crippen LogP contribution in [0.3, 0.4) is 0 Å². The number of quaternary nitrogens is 1. The minimum absolute atomic E-state index is 0. The second-order valence-electron chi connectivity index (χ2n) is 30.3. The highest BCUT2D eigenvalue weighted by atomic mass is 127. The Kier molecular flexibility index (Phi) is 4.82. The van der Waals surface area contributed by atoms with Crippen molar-refractivity contribution in [3.8, 4) is 0 Å². The van der Waals surface area contributed by atoms with E-state index in [1.807, 2.05) is 44.5 Å². The number of nitrogens with zero attached hydrogens (tertiary/aromatic N) is 1. The highest BCUT2D eigenvalue weighted by Gasteiger charge is 2.88. The van der Waals surface area contributed by atoms with Crippen molar-refractivity contribution in [3.05, 3.63) is 77.9 Å². The Bertz CT molecular complexity index is 6840. The van der Waals surface area contributed by atoms with Gasteiger partial charge in [0.05, 0.1) is 90.5 Å². The lowest BCUT2D eigenvalue weighted by Crippen LogP contribution is -3.00. The van der Waals surface area contributed by atoms with E-state index < -0.39 is 0 Å². The van der Waals surface area contributed by atoms with Crippen LogP contribution in [0.5, 0.6) is 0 Å². The van der Waals surface area contributed by atoms with Crippen LogP contribution in [0, 0.1) is 5.41 Å². The summed E-state index contributed by atoms with van der Waals surface area (Å²) in [6.45, 7) is 8.17. The number of halogens is 1. The zero-order valence-electron chi connectivity index (χ0n) is 45.8. The molecule has 0 aromatic heterocycles. The molecule has 10 atom stereocenters. The number of hydrogen-bond donors (Lipinski definition) is 0. The molecule has 10 unspecified atom stereocenters. The van der Waals surface area contributed by atoms with Gasteiger partial charge in [-0.15, -0.1) is 0 Å². The average molecular weight is 1190 g/mol. The maximum absolute atomic E-state index is 7.51. The lowest BCUT2D eigenvalue weighted by atomic mass is 9.41. The topological polar surface area (TPSA) is 55.4 Å². The summed E-state index contributed by atoms with van der Waals surface area (Å²) < 4.78 is 38.5. The van der Waals surface area contributed by atoms with E-state index in [1.54, 1.807) is 253 Å². The van der Waals surface area contributed by atoms with Gasteiger partial charge in [-0.3, -0.25) is 0 Å². The van der Waals surface area contributed by atoms with Crippen LogP contribution in [-0.2, 0) is 33.8 Å². The number of allylic oxidation sites excluding steroid dienone is 2. The molecule has 2 spiro atoms. The molecule has 1 saturated heterocycles. The largest absolute Gasteiger partial charge is 1.00 e. The van der Waals surface area contributed by atoms with Crippen molar-refractivity contribution >= 4 is 205 Å². The Morgan fingerprint density at radius 1 is 0.369 bits per heavy atom. The SMILES string of the molecule is COCCOCCOCC[N+]1(C)CC23C4=C5C6=C7c8c9c%10c%11c%12c%13c%14c(c2c2c%15c%16c%17c%18c%19c(c5c5c%20c%21c%22c%23c(c8C%22C65)c%10c5c%11c6c%13c8c(c%15%14)c%16c%10c%18c%11c(c%20%19)c%21c%13c%23c5c5c%13c%11c%10c8c65)C%17C42)C%12C9C73C1COCCOCCOC.[I-]. The monoisotopic (exact) mass is 1190 g/mol. The van der Waals surface area contributed by atoms with Gasteiger partial charge in [0.1, 0.15) is 12.6 Å². The summed E-state index contributed by atoms with van der Waals surface area (Å²) in [5.41, 5.74) is 28.6. The lowest BCUT2D eigenvalue weighted by molar-refractivity contribution is -0.926. The van der Waals surface area contributed by atoms with E-state index in [9.17, 15) is 0 Å². The molecule has 0 radical (unpaired) electrons. The molecule has 0 amide bonds. The summed E-state index contributed by atoms with van der Waals surface area (Å²) in [4.78, 5) is 0. The molecular weight excluding hydrogens is 1150 g/mol. The number of hydrogen-bond acceptors (Lipinski definition) is 6. The van der Waals surface area contributed by atoms with Gasteiger partial charge >= 0.3 is 0 Å². The number of methoxy groups -OCH3 is 2. The first-order valence-corrected chi connectivity index (χ1v) is 31.8. The van der Waals surface area contributed by atoms with Crippen LogP contribution in [0.2, 0.25) is 0 Å². The fraction of sp³-hybridized carbons (Fsp3) is 0.316. The van der Waals surface area contributed by atoms with Crippen LogP contribution >= 0.6 is 0 Å². The molecule has 392 valence electrons. The van der Waals surface area contributed by atoms with Crippen LogP contribution in [0.25, 0.3) is 205 Å². The third kappa shape index (κ3) is 2.58. The van der Waals surface area contributed by atoms with E-state index in [0.29, 0.717) is 102 Å². The summed E-state index contributed by atoms with van der Waals surface area (Å²) in [6, 6.07) is 0.185. The van der Waals surface area contributed by atoms with E-state index >= 15 is 0 Å². The predicted molar refractivity (Wildman–Crippen MR) is 328 cm³/mol. The van der Waals surface area contributed by atoms with Crippen molar-refractivity contribution in [1.29, 1.82) is 0 Å². The standard InChI is InChI=1S/C76H40NO6.HI/c1-77(4-5-80-10-11-81-8-6-78-2)15-75-71-63-55-45-35-27-19-17-18-21-25-23(19)31-39-33(25)43-37-29(21)30-22(18)26-24-20(17)28(27)36-42-32(24)40-34(26)44-38(30)48-47(37)59-53(43)61-51(39)57(49(55)41(31)35)65(71)67(61)73-69(59)70-60(48)54(44)62-52(40)58-50(42)56(46(36)45)64(63)72(75)66(58)68(62)74(70)76(73,75)16(77)14-83-13-12-82-9-7-79-3;/h16,53,55,61,63,68,74H,4-15H2,1-3H3;1H/q+1;/p-1. The second-order valence-corrected chi connectivity index (χ2v) is 30.3. The maximum atomic E-state index is 7.51. The molecule has 19 aromatic rings. The van der Waals surface area contributed by atoms with Crippen LogP contribution in [0.4, 0.5) is 0 Å². The molecule has 1 aliphatic heterocycles. The van der Waals surface area contributed by atoms with Gasteiger partial charge in [-0.05, 0) is 283 Å². The van der Waals surface area contributed by atoms with Crippen molar-refractivity contribution < 1.29 is 56.9 Å². The van der Waals surface area contributed by atoms with Crippen molar-refractivity contribution in [2.75, 3.05) is 100 Å². The first kappa shape index (κ1) is 39.4. The fourth-order valence-corrected chi connectivity index (χ4v) is 29.3. The van der Waals surface area contributed by atoms with E-state index in [0.717, 1.165) is 17.6 Å². The lowest BCUT2D eigenvalue weighted by Gasteiger charge is -2.58. The molecule has 1 heterocycles. The molecule has 33 rings (SSSR count). The Labute approximate surface area is 489 Å². The minimum atomic E-state index is -0.235. The van der Waals surface area contributed by atoms with Gasteiger partial charge in [-0.25, -0.2) is 0 Å². The number of ether oxygens (including phenoxy) is 6. The molecule has 1 fully saturated rings. The Morgan fingerprint density at radius 2 is 0.738 bits per heavy atom. The highest BCUT2D eigenvalue weighted by Crippen LogP contribution is 2.95. The van der Waals surface area contributed by atoms with Gasteiger partial charge < -0.3 is 56.9 Å². The molecular formula is C76H40INO6. The van der Waals surface area contributed by atoms with Crippen molar-refractivity contribution in [2.45, 2.75) is 47.0 Å². The first-order chi connectivity index (χ1) is 41.2. The van der Waals surface area contributed by atoms with E-state index in [2.05, 4.69) is 7.05 Å². The maximum Gasteiger partial charge on any atom is 0.124 e. The highest BCUT2D eigenvalue weighted by molar-refractivity contribution is 6.75. The number of benzene rings is 13. The van der Waals surface area contributed by atoms with Gasteiger partial charge in [-0.1, -0.05) is 0 Å². The van der Waals surface area contributed by atoms with Crippen molar-refractivity contribution in [2.24, 2.45) is 5.41 Å². The van der Waals surface area contributed by atoms with Gasteiger partial charge in [0.15, 0.2) is 0 Å². The summed E-state index contributed by atoms with van der Waals surface area (Å²) in [5, 5.41) is 61.3. The summed E-state index contributed by atoms with van der Waals surface area (Å²) in [7, 11) is 6.25. The predicted octanol–water partition coefficient (Wildman–Crippen LogP) is 11.6. The average Bonchev–Trinajstić information content (AvgIpc) is 1.38. The zero-order valence-corrected chi connectivity index (χ0v) is 48.0. The van der Waals surface area contributed by atoms with Crippen molar-refractivity contribution in [1.82, 2.24) is 0 Å². The Morgan fingerprint density at radius 3 is 1.25 bits per heavy atom. The van der Waals surface area contributed by atoms with Crippen LogP contribution in [0.15, 0.2) is 11.1 Å². The van der Waals surface area contributed by atoms with Crippen molar-refractivity contribution in [3.63, 3.8) is 0 Å². The zero-order chi connectivity index (χ0) is 51.3. The number of rotatable bonds is 17. The molecule has 0 saturated carbocycles. The molecule has 84 heavy (non-hydrogen) atoms. The van der Waals surface area contributed by atoms with E-state index in [1.165, 1.54) is 0 Å². The quantitative estimate of drug-likeness (QED) is 0.0392. The van der Waals surface area contributed by atoms with E-state index in [4.69, 9.17) is 28.4 Å². The van der Waals surface area contributed by atoms with Gasteiger partial charge in [0.25, 0.3) is 0 Å². The Hall–Kier alpha value is -6.31. The van der Waals surface area contributed by atoms with Gasteiger partial charge in [0, 0.05) is 49.7 Å². The molecule has 14 aliphatic rings. The van der Waals surface area contributed by atoms with Crippen LogP contribution < -0.4 is 24.0 Å². The molecule has 7 nitrogen and oxygen atoms in total. The third-order valence-corrected chi connectivity index (χ3v) is 29.6. The van der Waals surface area contributed by atoms with Crippen LogP contribution in [0.1, 0.15) is 102 Å². The molecule has 19 aromatic carbocycles. The van der Waals surface area contributed by atoms with Crippen LogP contribution in [-0.4, -0.2) is 111 Å². The molecule has 0 N–H and O–H groups in total. The molecule has 8 heteroatoms. The third-order valence-electron chi connectivity index (χ3n) is 29.6. The summed E-state index contributed by atoms with van der Waals surface area (Å²) >= 11 is 0. The summed E-state index contributed by atoms with van der Waals surface area (Å²) in [5.74, 6) is 1.99. The smallest absolute Gasteiger partial charge is 0.124 e. The van der Waals surface area contributed by atoms with E-state index in [-0.39, 0.29) is 40.8 Å². The fourth-order valence-electron chi connectivity index (χ4n) is 29.3. The summed E-state index contributed by atoms with van der Waals surface area (Å²) in [6.07, 6.45) is 0.